The second kappa shape index (κ2) is 7.73. The summed E-state index contributed by atoms with van der Waals surface area (Å²) in [6.07, 6.45) is 1.75. The van der Waals surface area contributed by atoms with Gasteiger partial charge in [-0.05, 0) is 18.4 Å². The van der Waals surface area contributed by atoms with Gasteiger partial charge < -0.3 is 15.1 Å². The second-order valence-electron chi connectivity index (χ2n) is 7.12. The van der Waals surface area contributed by atoms with E-state index in [4.69, 9.17) is 4.42 Å². The van der Waals surface area contributed by atoms with Gasteiger partial charge in [-0.1, -0.05) is 32.0 Å². The molecule has 0 aliphatic carbocycles. The SMILES string of the molecule is CC(C)C(NC(=O)c1coc2ccccc12)C(=O)CC1CCNC(=O)C1=O. The molecule has 7 heteroatoms. The third-order valence-corrected chi connectivity index (χ3v) is 4.85. The maximum absolute atomic E-state index is 12.8. The van der Waals surface area contributed by atoms with Gasteiger partial charge in [0.15, 0.2) is 5.78 Å². The van der Waals surface area contributed by atoms with Crippen LogP contribution in [0.15, 0.2) is 34.9 Å². The van der Waals surface area contributed by atoms with Crippen LogP contribution in [-0.2, 0) is 14.4 Å². The minimum Gasteiger partial charge on any atom is -0.463 e. The van der Waals surface area contributed by atoms with Gasteiger partial charge in [-0.2, -0.15) is 0 Å². The van der Waals surface area contributed by atoms with Crippen molar-refractivity contribution in [2.75, 3.05) is 6.54 Å². The zero-order valence-electron chi connectivity index (χ0n) is 15.3. The van der Waals surface area contributed by atoms with Crippen molar-refractivity contribution in [1.29, 1.82) is 0 Å². The molecule has 0 spiro atoms. The Balaban J connectivity index is 1.73. The number of para-hydroxylation sites is 1. The molecule has 1 fully saturated rings. The highest BCUT2D eigenvalue weighted by atomic mass is 16.3. The first-order chi connectivity index (χ1) is 12.9. The molecule has 3 rings (SSSR count). The lowest BCUT2D eigenvalue weighted by atomic mass is 9.86. The molecule has 27 heavy (non-hydrogen) atoms. The highest BCUT2D eigenvalue weighted by Crippen LogP contribution is 2.22. The summed E-state index contributed by atoms with van der Waals surface area (Å²) in [5.74, 6) is -2.65. The number of hydrogen-bond donors (Lipinski definition) is 2. The van der Waals surface area contributed by atoms with Crippen LogP contribution in [0.3, 0.4) is 0 Å². The molecular weight excluding hydrogens is 348 g/mol. The van der Waals surface area contributed by atoms with Crippen molar-refractivity contribution in [3.8, 4) is 0 Å². The van der Waals surface area contributed by atoms with Crippen molar-refractivity contribution in [3.05, 3.63) is 36.1 Å². The number of furan rings is 1. The van der Waals surface area contributed by atoms with E-state index in [1.54, 1.807) is 18.2 Å². The Morgan fingerprint density at radius 3 is 2.74 bits per heavy atom. The Kier molecular flexibility index (Phi) is 5.39. The van der Waals surface area contributed by atoms with E-state index in [-0.39, 0.29) is 18.1 Å². The van der Waals surface area contributed by atoms with Gasteiger partial charge in [0.1, 0.15) is 11.8 Å². The lowest BCUT2D eigenvalue weighted by molar-refractivity contribution is -0.143. The summed E-state index contributed by atoms with van der Waals surface area (Å²) in [5, 5.41) is 5.91. The number of hydrogen-bond acceptors (Lipinski definition) is 5. The predicted octanol–water partition coefficient (Wildman–Crippen LogP) is 1.85. The molecule has 7 nitrogen and oxygen atoms in total. The summed E-state index contributed by atoms with van der Waals surface area (Å²) in [4.78, 5) is 48.9. The summed E-state index contributed by atoms with van der Waals surface area (Å²) < 4.78 is 5.39. The molecule has 0 saturated carbocycles. The second-order valence-corrected chi connectivity index (χ2v) is 7.12. The van der Waals surface area contributed by atoms with Crippen LogP contribution in [0.5, 0.6) is 0 Å². The molecule has 142 valence electrons. The quantitative estimate of drug-likeness (QED) is 0.755. The highest BCUT2D eigenvalue weighted by Gasteiger charge is 2.34. The van der Waals surface area contributed by atoms with E-state index in [1.165, 1.54) is 6.26 Å². The summed E-state index contributed by atoms with van der Waals surface area (Å²) in [6, 6.07) is 6.41. The number of benzene rings is 1. The lowest BCUT2D eigenvalue weighted by Gasteiger charge is -2.25. The standard InChI is InChI=1S/C20H22N2O5/c1-11(2)17(15(23)9-12-7-8-21-20(26)18(12)24)22-19(25)14-10-27-16-6-4-3-5-13(14)16/h3-6,10-12,17H,7-9H2,1-2H3,(H,21,26)(H,22,25). The van der Waals surface area contributed by atoms with Crippen LogP contribution in [0.1, 0.15) is 37.0 Å². The molecule has 2 unspecified atom stereocenters. The van der Waals surface area contributed by atoms with Gasteiger partial charge in [0, 0.05) is 24.3 Å². The molecule has 0 radical (unpaired) electrons. The molecule has 1 aromatic heterocycles. The summed E-state index contributed by atoms with van der Waals surface area (Å²) >= 11 is 0. The van der Waals surface area contributed by atoms with Gasteiger partial charge in [-0.15, -0.1) is 0 Å². The van der Waals surface area contributed by atoms with Crippen molar-refractivity contribution in [2.24, 2.45) is 11.8 Å². The zero-order chi connectivity index (χ0) is 19.6. The van der Waals surface area contributed by atoms with Gasteiger partial charge in [-0.3, -0.25) is 19.2 Å². The number of fused-ring (bicyclic) bond motifs is 1. The molecule has 2 amide bonds. The summed E-state index contributed by atoms with van der Waals surface area (Å²) in [6.45, 7) is 4.03. The summed E-state index contributed by atoms with van der Waals surface area (Å²) in [5.41, 5.74) is 0.950. The highest BCUT2D eigenvalue weighted by molar-refractivity contribution is 6.37. The van der Waals surface area contributed by atoms with Crippen LogP contribution in [0.2, 0.25) is 0 Å². The minimum absolute atomic E-state index is 0.0541. The Hall–Kier alpha value is -2.96. The predicted molar refractivity (Wildman–Crippen MR) is 98.1 cm³/mol. The van der Waals surface area contributed by atoms with Crippen molar-refractivity contribution >= 4 is 34.4 Å². The van der Waals surface area contributed by atoms with Crippen molar-refractivity contribution in [3.63, 3.8) is 0 Å². The lowest BCUT2D eigenvalue weighted by Crippen LogP contribution is -2.48. The Bertz CT molecular complexity index is 899. The monoisotopic (exact) mass is 370 g/mol. The first-order valence-corrected chi connectivity index (χ1v) is 9.00. The van der Waals surface area contributed by atoms with Crippen LogP contribution in [0.4, 0.5) is 0 Å². The van der Waals surface area contributed by atoms with E-state index < -0.39 is 29.6 Å². The molecule has 1 aliphatic heterocycles. The number of amides is 2. The first kappa shape index (κ1) is 18.8. The fourth-order valence-electron chi connectivity index (χ4n) is 3.32. The molecule has 1 saturated heterocycles. The maximum Gasteiger partial charge on any atom is 0.287 e. The molecule has 0 bridgehead atoms. The Morgan fingerprint density at radius 2 is 2.00 bits per heavy atom. The van der Waals surface area contributed by atoms with E-state index >= 15 is 0 Å². The molecule has 2 aromatic rings. The number of carbonyl (C=O) groups is 4. The smallest absolute Gasteiger partial charge is 0.287 e. The van der Waals surface area contributed by atoms with Crippen LogP contribution in [0.25, 0.3) is 11.0 Å². The number of nitrogens with one attached hydrogen (secondary N) is 2. The Labute approximate surface area is 156 Å². The summed E-state index contributed by atoms with van der Waals surface area (Å²) in [7, 11) is 0. The van der Waals surface area contributed by atoms with E-state index in [0.29, 0.717) is 29.5 Å². The topological polar surface area (TPSA) is 105 Å². The fourth-order valence-corrected chi connectivity index (χ4v) is 3.32. The third-order valence-electron chi connectivity index (χ3n) is 4.85. The maximum atomic E-state index is 12.8. The van der Waals surface area contributed by atoms with Crippen LogP contribution >= 0.6 is 0 Å². The number of ketones is 2. The molecule has 2 heterocycles. The number of Topliss-reactive ketones (excluding diaryl/α,β-unsaturated/α-hetero) is 2. The van der Waals surface area contributed by atoms with Crippen molar-refractivity contribution < 1.29 is 23.6 Å². The minimum atomic E-state index is -0.746. The van der Waals surface area contributed by atoms with Gasteiger partial charge in [0.05, 0.1) is 11.6 Å². The van der Waals surface area contributed by atoms with E-state index in [2.05, 4.69) is 10.6 Å². The largest absolute Gasteiger partial charge is 0.463 e. The van der Waals surface area contributed by atoms with Gasteiger partial charge in [-0.25, -0.2) is 0 Å². The van der Waals surface area contributed by atoms with Crippen LogP contribution in [0, 0.1) is 11.8 Å². The van der Waals surface area contributed by atoms with Crippen molar-refractivity contribution in [1.82, 2.24) is 10.6 Å². The van der Waals surface area contributed by atoms with Gasteiger partial charge in [0.2, 0.25) is 5.78 Å². The molecule has 1 aliphatic rings. The average Bonchev–Trinajstić information content (AvgIpc) is 3.07. The molecule has 2 atom stereocenters. The van der Waals surface area contributed by atoms with Crippen molar-refractivity contribution in [2.45, 2.75) is 32.7 Å². The molecular formula is C20H22N2O5. The first-order valence-electron chi connectivity index (χ1n) is 9.00. The normalized spacial score (nSPS) is 18.4. The number of carbonyl (C=O) groups excluding carboxylic acids is 4. The third kappa shape index (κ3) is 3.92. The Morgan fingerprint density at radius 1 is 1.26 bits per heavy atom. The van der Waals surface area contributed by atoms with E-state index in [1.807, 2.05) is 19.9 Å². The van der Waals surface area contributed by atoms with Gasteiger partial charge in [0.25, 0.3) is 11.8 Å². The van der Waals surface area contributed by atoms with Crippen LogP contribution < -0.4 is 10.6 Å². The molecule has 1 aromatic carbocycles. The van der Waals surface area contributed by atoms with Gasteiger partial charge >= 0.3 is 0 Å². The number of piperidine rings is 1. The van der Waals surface area contributed by atoms with E-state index in [9.17, 15) is 19.2 Å². The zero-order valence-corrected chi connectivity index (χ0v) is 15.3. The fraction of sp³-hybridized carbons (Fsp3) is 0.400. The van der Waals surface area contributed by atoms with E-state index in [0.717, 1.165) is 0 Å². The number of rotatable bonds is 6. The molecule has 2 N–H and O–H groups in total. The van der Waals surface area contributed by atoms with Crippen LogP contribution in [-0.4, -0.2) is 36.0 Å². The average molecular weight is 370 g/mol.